The van der Waals surface area contributed by atoms with Crippen LogP contribution in [0.15, 0.2) is 35.5 Å². The lowest BCUT2D eigenvalue weighted by atomic mass is 10.2. The Morgan fingerprint density at radius 2 is 2.17 bits per heavy atom. The number of aromatic nitrogens is 4. The minimum Gasteiger partial charge on any atom is -0.324 e. The molecule has 0 spiro atoms. The van der Waals surface area contributed by atoms with Crippen molar-refractivity contribution in [2.24, 2.45) is 7.05 Å². The molecule has 0 radical (unpaired) electrons. The normalized spacial score (nSPS) is 11.0. The molecular weight excluding hydrogens is 313 g/mol. The average Bonchev–Trinajstić information content (AvgIpc) is 2.92. The Balaban J connectivity index is 1.70. The zero-order chi connectivity index (χ0) is 17.3. The maximum Gasteiger partial charge on any atom is 0.264 e. The van der Waals surface area contributed by atoms with Crippen LogP contribution in [0.5, 0.6) is 0 Å². The Labute approximate surface area is 136 Å². The molecule has 0 saturated heterocycles. The molecule has 2 heterocycles. The van der Waals surface area contributed by atoms with Crippen molar-refractivity contribution >= 4 is 22.6 Å². The van der Waals surface area contributed by atoms with Crippen LogP contribution in [0.1, 0.15) is 12.0 Å². The van der Waals surface area contributed by atoms with Crippen molar-refractivity contribution in [3.8, 4) is 0 Å². The van der Waals surface area contributed by atoms with Crippen LogP contribution in [0.2, 0.25) is 0 Å². The molecule has 0 saturated carbocycles. The molecule has 0 aliphatic heterocycles. The van der Waals surface area contributed by atoms with E-state index < -0.39 is 5.82 Å². The summed E-state index contributed by atoms with van der Waals surface area (Å²) < 4.78 is 16.6. The number of nitrogens with zero attached hydrogens (tertiary/aromatic N) is 4. The molecule has 7 nitrogen and oxygen atoms in total. The minimum atomic E-state index is -0.487. The van der Waals surface area contributed by atoms with Crippen LogP contribution in [-0.4, -0.2) is 25.2 Å². The largest absolute Gasteiger partial charge is 0.324 e. The first-order valence-corrected chi connectivity index (χ1v) is 7.39. The molecule has 0 atom stereocenters. The Bertz CT molecular complexity index is 976. The highest BCUT2D eigenvalue weighted by Gasteiger charge is 2.11. The molecule has 1 aromatic carbocycles. The summed E-state index contributed by atoms with van der Waals surface area (Å²) in [7, 11) is 1.70. The third-order valence-electron chi connectivity index (χ3n) is 3.70. The molecule has 0 fully saturated rings. The van der Waals surface area contributed by atoms with E-state index in [-0.39, 0.29) is 30.1 Å². The second-order valence-electron chi connectivity index (χ2n) is 5.53. The van der Waals surface area contributed by atoms with Crippen LogP contribution in [0.4, 0.5) is 10.1 Å². The van der Waals surface area contributed by atoms with Crippen molar-refractivity contribution in [1.82, 2.24) is 19.3 Å². The fraction of sp³-hybridized carbons (Fsp3) is 0.250. The molecule has 124 valence electrons. The smallest absolute Gasteiger partial charge is 0.264 e. The van der Waals surface area contributed by atoms with Crippen LogP contribution in [0, 0.1) is 12.7 Å². The number of aryl methyl sites for hydroxylation is 3. The first-order chi connectivity index (χ1) is 11.5. The zero-order valence-electron chi connectivity index (χ0n) is 13.3. The highest BCUT2D eigenvalue weighted by Crippen LogP contribution is 2.15. The molecule has 2 aromatic heterocycles. The lowest BCUT2D eigenvalue weighted by molar-refractivity contribution is -0.116. The van der Waals surface area contributed by atoms with Crippen molar-refractivity contribution in [2.75, 3.05) is 5.32 Å². The summed E-state index contributed by atoms with van der Waals surface area (Å²) in [5, 5.41) is 6.88. The maximum atomic E-state index is 13.7. The molecule has 0 aliphatic rings. The summed E-state index contributed by atoms with van der Waals surface area (Å²) >= 11 is 0. The van der Waals surface area contributed by atoms with Gasteiger partial charge in [-0.2, -0.15) is 5.10 Å². The van der Waals surface area contributed by atoms with Crippen LogP contribution in [-0.2, 0) is 18.4 Å². The van der Waals surface area contributed by atoms with Gasteiger partial charge >= 0.3 is 0 Å². The average molecular weight is 329 g/mol. The van der Waals surface area contributed by atoms with E-state index in [4.69, 9.17) is 0 Å². The van der Waals surface area contributed by atoms with Gasteiger partial charge in [0.05, 0.1) is 18.2 Å². The van der Waals surface area contributed by atoms with E-state index in [1.165, 1.54) is 33.9 Å². The number of hydrogen-bond acceptors (Lipinski definition) is 4. The van der Waals surface area contributed by atoms with Crippen LogP contribution < -0.4 is 10.9 Å². The number of amides is 1. The van der Waals surface area contributed by atoms with E-state index in [0.717, 1.165) is 5.56 Å². The van der Waals surface area contributed by atoms with E-state index in [2.05, 4.69) is 15.4 Å². The van der Waals surface area contributed by atoms with Gasteiger partial charge < -0.3 is 5.32 Å². The van der Waals surface area contributed by atoms with Crippen molar-refractivity contribution in [3.63, 3.8) is 0 Å². The SMILES string of the molecule is Cc1ccc(NC(=O)CCn2cnc3c(cnn3C)c2=O)c(F)c1. The van der Waals surface area contributed by atoms with Gasteiger partial charge in [0.1, 0.15) is 11.2 Å². The van der Waals surface area contributed by atoms with E-state index in [9.17, 15) is 14.0 Å². The Hall–Kier alpha value is -3.03. The van der Waals surface area contributed by atoms with Gasteiger partial charge in [0, 0.05) is 20.0 Å². The Morgan fingerprint density at radius 3 is 2.92 bits per heavy atom. The minimum absolute atomic E-state index is 0.0284. The van der Waals surface area contributed by atoms with Crippen molar-refractivity contribution in [1.29, 1.82) is 0 Å². The summed E-state index contributed by atoms with van der Waals surface area (Å²) in [5.41, 5.74) is 1.12. The number of nitrogens with one attached hydrogen (secondary N) is 1. The van der Waals surface area contributed by atoms with Gasteiger partial charge in [0.25, 0.3) is 5.56 Å². The molecule has 3 rings (SSSR count). The molecular formula is C16H16FN5O2. The summed E-state index contributed by atoms with van der Waals surface area (Å²) in [6, 6.07) is 4.57. The van der Waals surface area contributed by atoms with Gasteiger partial charge in [0.2, 0.25) is 5.91 Å². The molecule has 24 heavy (non-hydrogen) atoms. The first-order valence-electron chi connectivity index (χ1n) is 7.39. The topological polar surface area (TPSA) is 81.8 Å². The molecule has 8 heteroatoms. The van der Waals surface area contributed by atoms with Crippen LogP contribution in [0.25, 0.3) is 11.0 Å². The number of fused-ring (bicyclic) bond motifs is 1. The molecule has 0 unspecified atom stereocenters. The first kappa shape index (κ1) is 15.9. The number of rotatable bonds is 4. The lowest BCUT2D eigenvalue weighted by Crippen LogP contribution is -2.23. The number of hydrogen-bond donors (Lipinski definition) is 1. The Kier molecular flexibility index (Phi) is 4.11. The second-order valence-corrected chi connectivity index (χ2v) is 5.53. The van der Waals surface area contributed by atoms with E-state index >= 15 is 0 Å². The van der Waals surface area contributed by atoms with E-state index in [0.29, 0.717) is 11.0 Å². The molecule has 0 bridgehead atoms. The summed E-state index contributed by atoms with van der Waals surface area (Å²) in [6.07, 6.45) is 2.86. The standard InChI is InChI=1S/C16H16FN5O2/c1-10-3-4-13(12(17)7-10)20-14(23)5-6-22-9-18-15-11(16(22)24)8-19-21(15)2/h3-4,7-9H,5-6H2,1-2H3,(H,20,23). The Morgan fingerprint density at radius 1 is 1.38 bits per heavy atom. The van der Waals surface area contributed by atoms with Gasteiger partial charge in [0.15, 0.2) is 5.65 Å². The van der Waals surface area contributed by atoms with Gasteiger partial charge in [-0.05, 0) is 24.6 Å². The van der Waals surface area contributed by atoms with Gasteiger partial charge in [-0.15, -0.1) is 0 Å². The number of halogens is 1. The molecule has 0 aliphatic carbocycles. The highest BCUT2D eigenvalue weighted by atomic mass is 19.1. The fourth-order valence-electron chi connectivity index (χ4n) is 2.38. The highest BCUT2D eigenvalue weighted by molar-refractivity contribution is 5.90. The summed E-state index contributed by atoms with van der Waals surface area (Å²) in [4.78, 5) is 28.4. The maximum absolute atomic E-state index is 13.7. The van der Waals surface area contributed by atoms with Gasteiger partial charge in [-0.1, -0.05) is 6.07 Å². The van der Waals surface area contributed by atoms with Gasteiger partial charge in [-0.25, -0.2) is 9.37 Å². The molecule has 1 amide bonds. The summed E-state index contributed by atoms with van der Waals surface area (Å²) in [5.74, 6) is -0.866. The lowest BCUT2D eigenvalue weighted by Gasteiger charge is -2.08. The quantitative estimate of drug-likeness (QED) is 0.788. The predicted molar refractivity (Wildman–Crippen MR) is 87.2 cm³/mol. The monoisotopic (exact) mass is 329 g/mol. The zero-order valence-corrected chi connectivity index (χ0v) is 13.3. The molecule has 3 aromatic rings. The van der Waals surface area contributed by atoms with Gasteiger partial charge in [-0.3, -0.25) is 18.8 Å². The number of benzene rings is 1. The third-order valence-corrected chi connectivity index (χ3v) is 3.70. The second kappa shape index (κ2) is 6.23. The number of anilines is 1. The predicted octanol–water partition coefficient (Wildman–Crippen LogP) is 1.61. The van der Waals surface area contributed by atoms with Crippen molar-refractivity contribution in [2.45, 2.75) is 19.9 Å². The fourth-order valence-corrected chi connectivity index (χ4v) is 2.38. The van der Waals surface area contributed by atoms with E-state index in [1.54, 1.807) is 20.0 Å². The molecule has 1 N–H and O–H groups in total. The van der Waals surface area contributed by atoms with Crippen molar-refractivity contribution < 1.29 is 9.18 Å². The van der Waals surface area contributed by atoms with Crippen LogP contribution in [0.3, 0.4) is 0 Å². The van der Waals surface area contributed by atoms with E-state index in [1.807, 2.05) is 0 Å². The third kappa shape index (κ3) is 3.03. The van der Waals surface area contributed by atoms with Crippen LogP contribution >= 0.6 is 0 Å². The number of carbonyl (C=O) groups is 1. The van der Waals surface area contributed by atoms with Crippen molar-refractivity contribution in [3.05, 3.63) is 52.5 Å². The summed E-state index contributed by atoms with van der Waals surface area (Å²) in [6.45, 7) is 1.92. The number of carbonyl (C=O) groups excluding carboxylic acids is 1.